The second-order valence-corrected chi connectivity index (χ2v) is 7.46. The van der Waals surface area contributed by atoms with Crippen LogP contribution in [0.1, 0.15) is 54.4 Å². The molecule has 0 saturated heterocycles. The highest BCUT2D eigenvalue weighted by Crippen LogP contribution is 2.39. The van der Waals surface area contributed by atoms with Crippen molar-refractivity contribution >= 4 is 34.0 Å². The van der Waals surface area contributed by atoms with Crippen LogP contribution in [0.15, 0.2) is 0 Å². The van der Waals surface area contributed by atoms with Crippen LogP contribution < -0.4 is 0 Å². The van der Waals surface area contributed by atoms with Crippen LogP contribution in [0.25, 0.3) is 0 Å². The monoisotopic (exact) mass is 284 g/mol. The van der Waals surface area contributed by atoms with Crippen LogP contribution in [-0.4, -0.2) is 26.1 Å². The summed E-state index contributed by atoms with van der Waals surface area (Å²) in [6, 6.07) is 0. The molecule has 2 nitrogen and oxygen atoms in total. The zero-order valence-corrected chi connectivity index (χ0v) is 13.9. The summed E-state index contributed by atoms with van der Waals surface area (Å²) in [6.07, 6.45) is 2.18. The maximum atomic E-state index is 5.96. The molecule has 0 rings (SSSR count). The first kappa shape index (κ1) is 16.9. The molecule has 0 aromatic heterocycles. The van der Waals surface area contributed by atoms with E-state index in [-0.39, 0.29) is 11.1 Å². The van der Waals surface area contributed by atoms with E-state index in [0.717, 1.165) is 12.8 Å². The smallest absolute Gasteiger partial charge is 0.0432 e. The lowest BCUT2D eigenvalue weighted by Gasteiger charge is -2.40. The third-order valence-corrected chi connectivity index (χ3v) is 6.42. The van der Waals surface area contributed by atoms with E-state index in [4.69, 9.17) is 10.7 Å². The zero-order chi connectivity index (χ0) is 13.0. The minimum atomic E-state index is 0.0924. The zero-order valence-electron chi connectivity index (χ0n) is 11.5. The van der Waals surface area contributed by atoms with Crippen molar-refractivity contribution in [2.75, 3.05) is 7.05 Å². The highest BCUT2D eigenvalue weighted by molar-refractivity contribution is 8.25. The van der Waals surface area contributed by atoms with Crippen LogP contribution in [0.3, 0.4) is 0 Å². The van der Waals surface area contributed by atoms with E-state index in [0.29, 0.717) is 0 Å². The van der Waals surface area contributed by atoms with E-state index < -0.39 is 0 Å². The van der Waals surface area contributed by atoms with Crippen molar-refractivity contribution in [3.05, 3.63) is 0 Å². The van der Waals surface area contributed by atoms with Crippen LogP contribution in [0.2, 0.25) is 0 Å². The lowest BCUT2D eigenvalue weighted by Crippen LogP contribution is -2.41. The van der Waals surface area contributed by atoms with Crippen molar-refractivity contribution in [3.63, 3.8) is 0 Å². The maximum Gasteiger partial charge on any atom is 0.0432 e. The molecule has 0 heterocycles. The summed E-state index contributed by atoms with van der Waals surface area (Å²) in [6.45, 7) is 13.3. The Morgan fingerprint density at radius 1 is 1.00 bits per heavy atom. The molecule has 0 aromatic carbocycles. The molecule has 0 aliphatic carbocycles. The fraction of sp³-hybridized carbons (Fsp3) is 1.00. The minimum absolute atomic E-state index is 0.0924. The predicted octanol–water partition coefficient (Wildman–Crippen LogP) is 4.96. The summed E-state index contributed by atoms with van der Waals surface area (Å²) in [5.41, 5.74) is 0.272. The van der Waals surface area contributed by atoms with Gasteiger partial charge < -0.3 is 0 Å². The highest BCUT2D eigenvalue weighted by atomic mass is 35.7. The normalized spacial score (nSPS) is 13.9. The van der Waals surface area contributed by atoms with Gasteiger partial charge in [-0.05, 0) is 58.3 Å². The molecule has 16 heavy (non-hydrogen) atoms. The van der Waals surface area contributed by atoms with Gasteiger partial charge in [-0.25, -0.2) is 4.31 Å². The maximum absolute atomic E-state index is 5.96. The predicted molar refractivity (Wildman–Crippen MR) is 79.4 cm³/mol. The molecule has 0 radical (unpaired) electrons. The fourth-order valence-corrected chi connectivity index (χ4v) is 3.22. The third-order valence-electron chi connectivity index (χ3n) is 3.34. The summed E-state index contributed by atoms with van der Waals surface area (Å²) >= 11 is 2.99. The van der Waals surface area contributed by atoms with E-state index in [1.165, 1.54) is 11.2 Å². The second-order valence-electron chi connectivity index (χ2n) is 5.24. The van der Waals surface area contributed by atoms with Crippen molar-refractivity contribution in [2.45, 2.75) is 65.5 Å². The Morgan fingerprint density at radius 2 is 1.44 bits per heavy atom. The standard InChI is InChI=1S/C11H25ClN2S2/c1-8-10(3,4)13(7)16-14(15-12)11(5,6)9-2/h8-9H2,1-7H3. The van der Waals surface area contributed by atoms with Gasteiger partial charge in [0.2, 0.25) is 0 Å². The molecule has 0 bridgehead atoms. The van der Waals surface area contributed by atoms with Gasteiger partial charge in [0.1, 0.15) is 0 Å². The van der Waals surface area contributed by atoms with Gasteiger partial charge in [-0.1, -0.05) is 13.8 Å². The molecule has 0 spiro atoms. The van der Waals surface area contributed by atoms with Gasteiger partial charge in [0.05, 0.1) is 0 Å². The Hall–Kier alpha value is 0.910. The van der Waals surface area contributed by atoms with Crippen LogP contribution in [0.4, 0.5) is 0 Å². The largest absolute Gasteiger partial charge is 0.234 e. The third kappa shape index (κ3) is 4.65. The number of hydrogen-bond donors (Lipinski definition) is 0. The number of hydrogen-bond acceptors (Lipinski definition) is 4. The molecule has 0 atom stereocenters. The molecule has 0 aliphatic heterocycles. The summed E-state index contributed by atoms with van der Waals surface area (Å²) in [7, 11) is 8.09. The molecule has 0 unspecified atom stereocenters. The van der Waals surface area contributed by atoms with E-state index in [1.54, 1.807) is 12.1 Å². The molecule has 0 aromatic rings. The minimum Gasteiger partial charge on any atom is -0.234 e. The molecule has 98 valence electrons. The Morgan fingerprint density at radius 3 is 1.75 bits per heavy atom. The quantitative estimate of drug-likeness (QED) is 0.609. The van der Waals surface area contributed by atoms with E-state index in [2.05, 4.69) is 56.6 Å². The molecule has 5 heteroatoms. The topological polar surface area (TPSA) is 6.48 Å². The number of nitrogens with zero attached hydrogens (tertiary/aromatic N) is 2. The summed E-state index contributed by atoms with van der Waals surface area (Å²) in [5.74, 6) is 0. The first-order chi connectivity index (χ1) is 7.21. The Balaban J connectivity index is 4.56. The lowest BCUT2D eigenvalue weighted by atomic mass is 10.0. The SMILES string of the molecule is CCC(C)(C)N(C)SN(SCl)C(C)(C)CC. The van der Waals surface area contributed by atoms with E-state index in [1.807, 2.05) is 0 Å². The van der Waals surface area contributed by atoms with Gasteiger partial charge in [0.15, 0.2) is 0 Å². The average molecular weight is 285 g/mol. The fourth-order valence-electron chi connectivity index (χ4n) is 0.790. The number of halogens is 1. The van der Waals surface area contributed by atoms with Gasteiger partial charge in [0.25, 0.3) is 0 Å². The summed E-state index contributed by atoms with van der Waals surface area (Å²) < 4.78 is 4.44. The van der Waals surface area contributed by atoms with Gasteiger partial charge >= 0.3 is 0 Å². The molecule has 0 aliphatic rings. The van der Waals surface area contributed by atoms with Crippen LogP contribution in [0.5, 0.6) is 0 Å². The molecular formula is C11H25ClN2S2. The average Bonchev–Trinajstić information content (AvgIpc) is 2.24. The Bertz CT molecular complexity index is 210. The summed E-state index contributed by atoms with van der Waals surface area (Å²) in [5, 5.41) is 0. The molecule has 0 saturated carbocycles. The van der Waals surface area contributed by atoms with Gasteiger partial charge in [-0.2, -0.15) is 3.71 Å². The van der Waals surface area contributed by atoms with E-state index >= 15 is 0 Å². The van der Waals surface area contributed by atoms with Crippen molar-refractivity contribution < 1.29 is 0 Å². The van der Waals surface area contributed by atoms with Crippen molar-refractivity contribution in [3.8, 4) is 0 Å². The van der Waals surface area contributed by atoms with Crippen molar-refractivity contribution in [2.24, 2.45) is 0 Å². The van der Waals surface area contributed by atoms with Gasteiger partial charge in [-0.15, -0.1) is 0 Å². The number of rotatable bonds is 7. The molecular weight excluding hydrogens is 260 g/mol. The molecule has 0 N–H and O–H groups in total. The summed E-state index contributed by atoms with van der Waals surface area (Å²) in [4.78, 5) is 0. The van der Waals surface area contributed by atoms with Crippen LogP contribution in [0, 0.1) is 0 Å². The van der Waals surface area contributed by atoms with Gasteiger partial charge in [-0.3, -0.25) is 0 Å². The second kappa shape index (κ2) is 6.74. The van der Waals surface area contributed by atoms with E-state index in [9.17, 15) is 0 Å². The molecule has 0 amide bonds. The first-order valence-electron chi connectivity index (χ1n) is 5.72. The lowest BCUT2D eigenvalue weighted by molar-refractivity contribution is 0.263. The Kier molecular flexibility index (Phi) is 7.12. The van der Waals surface area contributed by atoms with Crippen molar-refractivity contribution in [1.82, 2.24) is 8.02 Å². The van der Waals surface area contributed by atoms with Gasteiger partial charge in [0, 0.05) is 34.4 Å². The van der Waals surface area contributed by atoms with Crippen LogP contribution in [-0.2, 0) is 0 Å². The van der Waals surface area contributed by atoms with Crippen molar-refractivity contribution in [1.29, 1.82) is 0 Å². The molecule has 0 fully saturated rings. The first-order valence-corrected chi connectivity index (χ1v) is 8.05. The van der Waals surface area contributed by atoms with Crippen LogP contribution >= 0.6 is 34.0 Å². The Labute approximate surface area is 114 Å². The highest BCUT2D eigenvalue weighted by Gasteiger charge is 2.31.